The van der Waals surface area contributed by atoms with Gasteiger partial charge in [0.05, 0.1) is 24.4 Å². The van der Waals surface area contributed by atoms with Crippen LogP contribution in [0.25, 0.3) is 11.2 Å². The number of pyridine rings is 1. The molecular formula is C18H16F2N6O. The molecule has 138 valence electrons. The number of halogens is 2. The Hall–Kier alpha value is -3.20. The number of benzene rings is 1. The smallest absolute Gasteiger partial charge is 0.177 e. The lowest BCUT2D eigenvalue weighted by molar-refractivity contribution is -0.0319. The zero-order valence-corrected chi connectivity index (χ0v) is 14.4. The molecule has 3 heterocycles. The van der Waals surface area contributed by atoms with E-state index in [1.165, 1.54) is 29.7 Å². The summed E-state index contributed by atoms with van der Waals surface area (Å²) in [6, 6.07) is 6.00. The maximum atomic E-state index is 14.6. The molecule has 0 aliphatic heterocycles. The van der Waals surface area contributed by atoms with Crippen LogP contribution >= 0.6 is 0 Å². The van der Waals surface area contributed by atoms with Crippen LogP contribution in [0.4, 0.5) is 8.78 Å². The number of imidazole rings is 1. The Kier molecular flexibility index (Phi) is 4.15. The summed E-state index contributed by atoms with van der Waals surface area (Å²) in [5, 5.41) is 15.6. The van der Waals surface area contributed by atoms with Crippen LogP contribution in [0.2, 0.25) is 0 Å². The molecule has 0 fully saturated rings. The van der Waals surface area contributed by atoms with Gasteiger partial charge < -0.3 is 9.67 Å². The van der Waals surface area contributed by atoms with E-state index in [4.69, 9.17) is 0 Å². The molecule has 7 nitrogen and oxygen atoms in total. The van der Waals surface area contributed by atoms with E-state index >= 15 is 0 Å². The molecule has 2 atom stereocenters. The van der Waals surface area contributed by atoms with E-state index in [1.807, 2.05) is 6.07 Å². The first-order valence-electron chi connectivity index (χ1n) is 8.27. The van der Waals surface area contributed by atoms with Gasteiger partial charge in [-0.1, -0.05) is 6.07 Å². The molecule has 3 aromatic heterocycles. The molecule has 0 bridgehead atoms. The fraction of sp³-hybridized carbons (Fsp3) is 0.222. The van der Waals surface area contributed by atoms with Crippen molar-refractivity contribution in [3.63, 3.8) is 0 Å². The van der Waals surface area contributed by atoms with Crippen molar-refractivity contribution in [3.05, 3.63) is 72.7 Å². The van der Waals surface area contributed by atoms with Crippen molar-refractivity contribution >= 4 is 11.2 Å². The van der Waals surface area contributed by atoms with Gasteiger partial charge in [0.25, 0.3) is 0 Å². The van der Waals surface area contributed by atoms with Gasteiger partial charge in [-0.15, -0.1) is 0 Å². The average molecular weight is 370 g/mol. The van der Waals surface area contributed by atoms with E-state index in [0.717, 1.165) is 12.1 Å². The van der Waals surface area contributed by atoms with Crippen LogP contribution in [0, 0.1) is 11.6 Å². The Bertz CT molecular complexity index is 1080. The molecule has 9 heteroatoms. The quantitative estimate of drug-likeness (QED) is 0.584. The van der Waals surface area contributed by atoms with E-state index in [-0.39, 0.29) is 12.1 Å². The van der Waals surface area contributed by atoms with Crippen molar-refractivity contribution in [2.45, 2.75) is 25.1 Å². The zero-order valence-electron chi connectivity index (χ0n) is 14.4. The third-order valence-electron chi connectivity index (χ3n) is 4.72. The number of hydrogen-bond donors (Lipinski definition) is 1. The number of aliphatic hydroxyl groups is 1. The van der Waals surface area contributed by atoms with Gasteiger partial charge >= 0.3 is 0 Å². The van der Waals surface area contributed by atoms with Crippen LogP contribution in [-0.2, 0) is 12.1 Å². The topological polar surface area (TPSA) is 81.6 Å². The monoisotopic (exact) mass is 370 g/mol. The van der Waals surface area contributed by atoms with Gasteiger partial charge in [0.15, 0.2) is 5.65 Å². The summed E-state index contributed by atoms with van der Waals surface area (Å²) in [4.78, 5) is 12.3. The van der Waals surface area contributed by atoms with E-state index in [1.54, 1.807) is 23.8 Å². The van der Waals surface area contributed by atoms with Crippen molar-refractivity contribution in [3.8, 4) is 0 Å². The minimum absolute atomic E-state index is 0.0439. The normalized spacial score (nSPS) is 15.0. The van der Waals surface area contributed by atoms with Gasteiger partial charge in [-0.05, 0) is 25.1 Å². The van der Waals surface area contributed by atoms with Gasteiger partial charge in [-0.3, -0.25) is 0 Å². The summed E-state index contributed by atoms with van der Waals surface area (Å²) in [5.74, 6) is -1.56. The van der Waals surface area contributed by atoms with E-state index < -0.39 is 23.3 Å². The maximum Gasteiger partial charge on any atom is 0.177 e. The van der Waals surface area contributed by atoms with Gasteiger partial charge in [-0.2, -0.15) is 5.10 Å². The number of rotatable bonds is 5. The Balaban J connectivity index is 1.86. The summed E-state index contributed by atoms with van der Waals surface area (Å²) in [5.41, 5.74) is -0.608. The fourth-order valence-electron chi connectivity index (χ4n) is 3.25. The van der Waals surface area contributed by atoms with Gasteiger partial charge in [-0.25, -0.2) is 28.4 Å². The second-order valence-electron chi connectivity index (χ2n) is 6.32. The fourth-order valence-corrected chi connectivity index (χ4v) is 3.25. The summed E-state index contributed by atoms with van der Waals surface area (Å²) in [6.07, 6.45) is 5.90. The first kappa shape index (κ1) is 17.2. The molecule has 0 unspecified atom stereocenters. The summed E-state index contributed by atoms with van der Waals surface area (Å²) >= 11 is 0. The molecule has 1 N–H and O–H groups in total. The van der Waals surface area contributed by atoms with E-state index in [9.17, 15) is 13.9 Å². The average Bonchev–Trinajstić information content (AvgIpc) is 3.30. The Morgan fingerprint density at radius 2 is 2.04 bits per heavy atom. The Morgan fingerprint density at radius 3 is 2.78 bits per heavy atom. The standard InChI is InChI=1S/C18H16F2N6O/c1-12(26-11-23-17-16(26)3-2-6-22-17)18(27,8-25-10-21-9-24-25)14-5-4-13(19)7-15(14)20/h2-7,9-12,27H,8H2,1H3/t12-,18-/m1/s1. The van der Waals surface area contributed by atoms with Crippen molar-refractivity contribution in [2.24, 2.45) is 0 Å². The lowest BCUT2D eigenvalue weighted by Gasteiger charge is -2.35. The molecule has 0 amide bonds. The molecule has 0 saturated carbocycles. The van der Waals surface area contributed by atoms with Crippen molar-refractivity contribution in [1.29, 1.82) is 0 Å². The highest BCUT2D eigenvalue weighted by Crippen LogP contribution is 2.37. The third kappa shape index (κ3) is 2.95. The van der Waals surface area contributed by atoms with Crippen molar-refractivity contribution < 1.29 is 13.9 Å². The predicted octanol–water partition coefficient (Wildman–Crippen LogP) is 2.45. The largest absolute Gasteiger partial charge is 0.381 e. The number of aromatic nitrogens is 6. The summed E-state index contributed by atoms with van der Waals surface area (Å²) in [7, 11) is 0. The highest BCUT2D eigenvalue weighted by molar-refractivity contribution is 5.70. The molecule has 4 rings (SSSR count). The van der Waals surface area contributed by atoms with E-state index in [0.29, 0.717) is 11.2 Å². The van der Waals surface area contributed by atoms with Crippen LogP contribution in [-0.4, -0.2) is 34.4 Å². The van der Waals surface area contributed by atoms with Crippen LogP contribution < -0.4 is 0 Å². The number of hydrogen-bond acceptors (Lipinski definition) is 5. The molecule has 1 aromatic carbocycles. The highest BCUT2D eigenvalue weighted by Gasteiger charge is 2.40. The SMILES string of the molecule is C[C@@H](n1cnc2ncccc21)[C@](O)(Cn1cncn1)c1ccc(F)cc1F. The second-order valence-corrected chi connectivity index (χ2v) is 6.32. The van der Waals surface area contributed by atoms with Crippen molar-refractivity contribution in [1.82, 2.24) is 29.3 Å². The minimum Gasteiger partial charge on any atom is -0.381 e. The van der Waals surface area contributed by atoms with Crippen LogP contribution in [0.1, 0.15) is 18.5 Å². The maximum absolute atomic E-state index is 14.6. The van der Waals surface area contributed by atoms with E-state index in [2.05, 4.69) is 20.1 Å². The minimum atomic E-state index is -1.76. The van der Waals surface area contributed by atoms with Crippen LogP contribution in [0.15, 0.2) is 55.5 Å². The zero-order chi connectivity index (χ0) is 19.0. The molecule has 0 aliphatic carbocycles. The van der Waals surface area contributed by atoms with Crippen molar-refractivity contribution in [2.75, 3.05) is 0 Å². The highest BCUT2D eigenvalue weighted by atomic mass is 19.1. The lowest BCUT2D eigenvalue weighted by Crippen LogP contribution is -2.40. The summed E-state index contributed by atoms with van der Waals surface area (Å²) in [6.45, 7) is 1.64. The van der Waals surface area contributed by atoms with Crippen LogP contribution in [0.3, 0.4) is 0 Å². The molecular weight excluding hydrogens is 354 g/mol. The third-order valence-corrected chi connectivity index (χ3v) is 4.72. The molecule has 0 radical (unpaired) electrons. The Labute approximate surface area is 152 Å². The number of nitrogens with zero attached hydrogens (tertiary/aromatic N) is 6. The molecule has 0 spiro atoms. The van der Waals surface area contributed by atoms with Gasteiger partial charge in [0.1, 0.15) is 29.9 Å². The van der Waals surface area contributed by atoms with Gasteiger partial charge in [0, 0.05) is 17.8 Å². The summed E-state index contributed by atoms with van der Waals surface area (Å²) < 4.78 is 31.1. The lowest BCUT2D eigenvalue weighted by atomic mass is 9.86. The first-order chi connectivity index (χ1) is 13.0. The molecule has 0 aliphatic rings. The Morgan fingerprint density at radius 1 is 1.19 bits per heavy atom. The van der Waals surface area contributed by atoms with Crippen LogP contribution in [0.5, 0.6) is 0 Å². The number of fused-ring (bicyclic) bond motifs is 1. The second kappa shape index (κ2) is 6.51. The molecule has 4 aromatic rings. The first-order valence-corrected chi connectivity index (χ1v) is 8.27. The molecule has 27 heavy (non-hydrogen) atoms. The predicted molar refractivity (Wildman–Crippen MR) is 92.5 cm³/mol. The van der Waals surface area contributed by atoms with Gasteiger partial charge in [0.2, 0.25) is 0 Å². The molecule has 0 saturated heterocycles.